The van der Waals surface area contributed by atoms with E-state index in [1.54, 1.807) is 0 Å². The van der Waals surface area contributed by atoms with Gasteiger partial charge in [-0.1, -0.05) is 29.3 Å². The Morgan fingerprint density at radius 1 is 1.08 bits per heavy atom. The van der Waals surface area contributed by atoms with Crippen LogP contribution in [0.3, 0.4) is 0 Å². The lowest BCUT2D eigenvalue weighted by molar-refractivity contribution is 0.0406. The van der Waals surface area contributed by atoms with Crippen LogP contribution in [0, 0.1) is 26.2 Å². The quantitative estimate of drug-likeness (QED) is 0.908. The molecule has 136 valence electrons. The highest BCUT2D eigenvalue weighted by Crippen LogP contribution is 2.35. The summed E-state index contributed by atoms with van der Waals surface area (Å²) in [6, 6.07) is 6.76. The lowest BCUT2D eigenvalue weighted by Gasteiger charge is -2.41. The molecule has 0 amide bonds. The van der Waals surface area contributed by atoms with Gasteiger partial charge in [-0.25, -0.2) is 4.98 Å². The standard InChI is InChI=1S/C21H31N3O/c1-16-9-17(2)11-19(10-16)12-21(15-25)5-7-24(8-6-21)14-20-13-22-18(3)23(20)4/h9-11,13,25H,5-8,12,14-15H2,1-4H3. The van der Waals surface area contributed by atoms with E-state index in [2.05, 4.69) is 53.5 Å². The summed E-state index contributed by atoms with van der Waals surface area (Å²) in [5, 5.41) is 10.1. The Labute approximate surface area is 151 Å². The zero-order chi connectivity index (χ0) is 18.0. The Morgan fingerprint density at radius 3 is 2.24 bits per heavy atom. The first kappa shape index (κ1) is 18.2. The number of aliphatic hydroxyl groups is 1. The molecule has 2 heterocycles. The Bertz CT molecular complexity index is 706. The normalized spacial score (nSPS) is 17.8. The van der Waals surface area contributed by atoms with Gasteiger partial charge in [0.25, 0.3) is 0 Å². The molecule has 1 aromatic carbocycles. The fourth-order valence-electron chi connectivity index (χ4n) is 4.11. The van der Waals surface area contributed by atoms with E-state index in [1.807, 2.05) is 13.1 Å². The molecule has 4 nitrogen and oxygen atoms in total. The largest absolute Gasteiger partial charge is 0.396 e. The van der Waals surface area contributed by atoms with Gasteiger partial charge >= 0.3 is 0 Å². The Kier molecular flexibility index (Phi) is 5.30. The second kappa shape index (κ2) is 7.30. The van der Waals surface area contributed by atoms with Crippen LogP contribution in [-0.4, -0.2) is 39.3 Å². The molecule has 25 heavy (non-hydrogen) atoms. The Hall–Kier alpha value is -1.65. The van der Waals surface area contributed by atoms with Crippen molar-refractivity contribution in [3.8, 4) is 0 Å². The summed E-state index contributed by atoms with van der Waals surface area (Å²) in [4.78, 5) is 6.89. The van der Waals surface area contributed by atoms with Crippen molar-refractivity contribution in [3.05, 3.63) is 52.6 Å². The molecule has 1 aliphatic rings. The molecule has 0 radical (unpaired) electrons. The zero-order valence-corrected chi connectivity index (χ0v) is 16.0. The predicted octanol–water partition coefficient (Wildman–Crippen LogP) is 3.16. The maximum Gasteiger partial charge on any atom is 0.105 e. The van der Waals surface area contributed by atoms with Crippen LogP contribution >= 0.6 is 0 Å². The molecule has 4 heteroatoms. The van der Waals surface area contributed by atoms with Crippen molar-refractivity contribution in [1.29, 1.82) is 0 Å². The molecule has 0 bridgehead atoms. The number of hydrogen-bond acceptors (Lipinski definition) is 3. The van der Waals surface area contributed by atoms with Crippen molar-refractivity contribution in [3.63, 3.8) is 0 Å². The minimum atomic E-state index is 0.0269. The summed E-state index contributed by atoms with van der Waals surface area (Å²) >= 11 is 0. The number of likely N-dealkylation sites (tertiary alicyclic amines) is 1. The number of aliphatic hydroxyl groups excluding tert-OH is 1. The van der Waals surface area contributed by atoms with E-state index in [4.69, 9.17) is 0 Å². The number of benzene rings is 1. The topological polar surface area (TPSA) is 41.3 Å². The first-order valence-corrected chi connectivity index (χ1v) is 9.28. The van der Waals surface area contributed by atoms with Crippen LogP contribution in [0.4, 0.5) is 0 Å². The predicted molar refractivity (Wildman–Crippen MR) is 102 cm³/mol. The van der Waals surface area contributed by atoms with E-state index in [-0.39, 0.29) is 12.0 Å². The van der Waals surface area contributed by atoms with Gasteiger partial charge in [-0.2, -0.15) is 0 Å². The average molecular weight is 341 g/mol. The van der Waals surface area contributed by atoms with Gasteiger partial charge in [0.15, 0.2) is 0 Å². The summed E-state index contributed by atoms with van der Waals surface area (Å²) in [6.45, 7) is 9.65. The SMILES string of the molecule is Cc1cc(C)cc(CC2(CO)CCN(Cc3cnc(C)n3C)CC2)c1. The fourth-order valence-corrected chi connectivity index (χ4v) is 4.11. The van der Waals surface area contributed by atoms with E-state index in [0.717, 1.165) is 44.7 Å². The van der Waals surface area contributed by atoms with Crippen molar-refractivity contribution < 1.29 is 5.11 Å². The zero-order valence-electron chi connectivity index (χ0n) is 16.0. The van der Waals surface area contributed by atoms with Crippen molar-refractivity contribution in [2.45, 2.75) is 46.6 Å². The smallest absolute Gasteiger partial charge is 0.105 e. The second-order valence-electron chi connectivity index (χ2n) is 7.96. The van der Waals surface area contributed by atoms with Crippen LogP contribution in [-0.2, 0) is 20.0 Å². The van der Waals surface area contributed by atoms with Crippen LogP contribution < -0.4 is 0 Å². The van der Waals surface area contributed by atoms with Crippen molar-refractivity contribution in [1.82, 2.24) is 14.5 Å². The number of aromatic nitrogens is 2. The molecule has 3 rings (SSSR count). The van der Waals surface area contributed by atoms with Gasteiger partial charge in [0.2, 0.25) is 0 Å². The fraction of sp³-hybridized carbons (Fsp3) is 0.571. The van der Waals surface area contributed by atoms with Crippen molar-refractivity contribution in [2.75, 3.05) is 19.7 Å². The summed E-state index contributed by atoms with van der Waals surface area (Å²) in [7, 11) is 2.08. The highest BCUT2D eigenvalue weighted by Gasteiger charge is 2.34. The maximum atomic E-state index is 10.1. The van der Waals surface area contributed by atoms with Gasteiger partial charge in [-0.05, 0) is 64.1 Å². The number of piperidine rings is 1. The molecular formula is C21H31N3O. The lowest BCUT2D eigenvalue weighted by Crippen LogP contribution is -2.43. The Morgan fingerprint density at radius 2 is 1.72 bits per heavy atom. The molecule has 0 unspecified atom stereocenters. The average Bonchev–Trinajstić information content (AvgIpc) is 2.88. The summed E-state index contributed by atoms with van der Waals surface area (Å²) in [6.07, 6.45) is 5.06. The number of rotatable bonds is 5. The van der Waals surface area contributed by atoms with Gasteiger partial charge in [0, 0.05) is 26.4 Å². The molecule has 1 aliphatic heterocycles. The van der Waals surface area contributed by atoms with E-state index in [1.165, 1.54) is 22.4 Å². The number of hydrogen-bond donors (Lipinski definition) is 1. The summed E-state index contributed by atoms with van der Waals surface area (Å²) in [5.74, 6) is 1.06. The van der Waals surface area contributed by atoms with Gasteiger partial charge in [0.1, 0.15) is 5.82 Å². The molecule has 0 spiro atoms. The third-order valence-corrected chi connectivity index (χ3v) is 5.81. The van der Waals surface area contributed by atoms with Crippen LogP contribution in [0.2, 0.25) is 0 Å². The molecule has 1 N–H and O–H groups in total. The van der Waals surface area contributed by atoms with Gasteiger partial charge in [-0.3, -0.25) is 4.90 Å². The molecule has 1 fully saturated rings. The van der Waals surface area contributed by atoms with Gasteiger partial charge < -0.3 is 9.67 Å². The van der Waals surface area contributed by atoms with E-state index in [9.17, 15) is 5.11 Å². The van der Waals surface area contributed by atoms with E-state index in [0.29, 0.717) is 0 Å². The van der Waals surface area contributed by atoms with Crippen LogP contribution in [0.25, 0.3) is 0 Å². The maximum absolute atomic E-state index is 10.1. The van der Waals surface area contributed by atoms with Crippen molar-refractivity contribution in [2.24, 2.45) is 12.5 Å². The molecule has 1 aromatic heterocycles. The third-order valence-electron chi connectivity index (χ3n) is 5.81. The first-order valence-electron chi connectivity index (χ1n) is 9.28. The number of aryl methyl sites for hydroxylation is 3. The number of nitrogens with zero attached hydrogens (tertiary/aromatic N) is 3. The summed E-state index contributed by atoms with van der Waals surface area (Å²) < 4.78 is 2.17. The van der Waals surface area contributed by atoms with Gasteiger partial charge in [0.05, 0.1) is 5.69 Å². The second-order valence-corrected chi connectivity index (χ2v) is 7.96. The van der Waals surface area contributed by atoms with E-state index >= 15 is 0 Å². The van der Waals surface area contributed by atoms with Crippen LogP contribution in [0.1, 0.15) is 41.1 Å². The molecular weight excluding hydrogens is 310 g/mol. The first-order chi connectivity index (χ1) is 11.9. The summed E-state index contributed by atoms with van der Waals surface area (Å²) in [5.41, 5.74) is 5.28. The molecule has 2 aromatic rings. The highest BCUT2D eigenvalue weighted by atomic mass is 16.3. The van der Waals surface area contributed by atoms with E-state index < -0.39 is 0 Å². The molecule has 0 atom stereocenters. The molecule has 0 saturated carbocycles. The number of imidazole rings is 1. The highest BCUT2D eigenvalue weighted by molar-refractivity contribution is 5.29. The Balaban J connectivity index is 1.64. The minimum Gasteiger partial charge on any atom is -0.396 e. The van der Waals surface area contributed by atoms with Crippen molar-refractivity contribution >= 4 is 0 Å². The van der Waals surface area contributed by atoms with Gasteiger partial charge in [-0.15, -0.1) is 0 Å². The molecule has 0 aliphatic carbocycles. The van der Waals surface area contributed by atoms with Crippen LogP contribution in [0.5, 0.6) is 0 Å². The van der Waals surface area contributed by atoms with Crippen LogP contribution in [0.15, 0.2) is 24.4 Å². The minimum absolute atomic E-state index is 0.0269. The monoisotopic (exact) mass is 341 g/mol. The molecule has 1 saturated heterocycles. The lowest BCUT2D eigenvalue weighted by atomic mass is 9.74. The third kappa shape index (κ3) is 4.13.